The summed E-state index contributed by atoms with van der Waals surface area (Å²) in [6.07, 6.45) is 0.657. The Kier molecular flexibility index (Phi) is 6.47. The van der Waals surface area contributed by atoms with E-state index in [0.717, 1.165) is 26.9 Å². The molecule has 4 aromatic rings. The molecule has 3 aromatic carbocycles. The summed E-state index contributed by atoms with van der Waals surface area (Å²) < 4.78 is 35.3. The highest BCUT2D eigenvalue weighted by molar-refractivity contribution is 7.92. The Morgan fingerprint density at radius 3 is 2.46 bits per heavy atom. The Labute approximate surface area is 218 Å². The maximum atomic E-state index is 13.3. The lowest BCUT2D eigenvalue weighted by molar-refractivity contribution is -0.141. The van der Waals surface area contributed by atoms with Gasteiger partial charge in [-0.05, 0) is 79.4 Å². The van der Waals surface area contributed by atoms with Gasteiger partial charge in [0.15, 0.2) is 4.80 Å². The van der Waals surface area contributed by atoms with Crippen LogP contribution in [0.4, 0.5) is 5.69 Å². The van der Waals surface area contributed by atoms with Gasteiger partial charge in [-0.1, -0.05) is 29.5 Å². The molecule has 37 heavy (non-hydrogen) atoms. The molecule has 0 unspecified atom stereocenters. The number of hydrogen-bond acceptors (Lipinski definition) is 6. The van der Waals surface area contributed by atoms with E-state index in [4.69, 9.17) is 4.74 Å². The Balaban J connectivity index is 1.48. The molecule has 0 saturated carbocycles. The van der Waals surface area contributed by atoms with Gasteiger partial charge in [-0.25, -0.2) is 8.42 Å². The van der Waals surface area contributed by atoms with Crippen LogP contribution in [0.3, 0.4) is 0 Å². The topological polar surface area (TPSA) is 98.0 Å². The van der Waals surface area contributed by atoms with Crippen molar-refractivity contribution in [3.8, 4) is 0 Å². The lowest BCUT2D eigenvalue weighted by atomic mass is 10.1. The van der Waals surface area contributed by atoms with E-state index in [1.165, 1.54) is 47.0 Å². The van der Waals surface area contributed by atoms with Crippen LogP contribution < -0.4 is 9.11 Å². The Morgan fingerprint density at radius 2 is 1.73 bits per heavy atom. The van der Waals surface area contributed by atoms with Crippen LogP contribution in [0, 0.1) is 13.8 Å². The number of esters is 1. The van der Waals surface area contributed by atoms with Gasteiger partial charge in [0.2, 0.25) is 0 Å². The molecule has 5 rings (SSSR count). The molecule has 8 nitrogen and oxygen atoms in total. The van der Waals surface area contributed by atoms with Crippen LogP contribution in [0.2, 0.25) is 0 Å². The summed E-state index contributed by atoms with van der Waals surface area (Å²) in [5.74, 6) is -0.987. The number of ether oxygens (including phenoxy) is 1. The minimum Gasteiger partial charge on any atom is -0.468 e. The monoisotopic (exact) mass is 535 g/mol. The highest BCUT2D eigenvalue weighted by Gasteiger charge is 2.30. The van der Waals surface area contributed by atoms with Crippen molar-refractivity contribution in [2.24, 2.45) is 4.99 Å². The molecule has 10 heteroatoms. The van der Waals surface area contributed by atoms with Crippen LogP contribution in [0.1, 0.15) is 27.0 Å². The van der Waals surface area contributed by atoms with Crippen LogP contribution in [0.5, 0.6) is 0 Å². The van der Waals surface area contributed by atoms with Crippen molar-refractivity contribution in [2.75, 3.05) is 18.0 Å². The summed E-state index contributed by atoms with van der Waals surface area (Å²) in [7, 11) is -2.45. The normalized spacial score (nSPS) is 13.7. The molecule has 0 bridgehead atoms. The van der Waals surface area contributed by atoms with E-state index in [2.05, 4.69) is 4.99 Å². The summed E-state index contributed by atoms with van der Waals surface area (Å²) in [5.41, 5.74) is 4.86. The molecule has 1 aliphatic rings. The van der Waals surface area contributed by atoms with Crippen LogP contribution in [0.15, 0.2) is 70.6 Å². The Hall–Kier alpha value is -3.76. The number of carbonyl (C=O) groups is 2. The van der Waals surface area contributed by atoms with E-state index < -0.39 is 21.9 Å². The van der Waals surface area contributed by atoms with E-state index in [0.29, 0.717) is 23.5 Å². The third-order valence-corrected chi connectivity index (χ3v) is 9.41. The van der Waals surface area contributed by atoms with E-state index in [-0.39, 0.29) is 17.0 Å². The standard InChI is InChI=1S/C27H25N3O5S2/c1-17-14-23-24(15-18(17)2)36-27(29(23)16-25(31)35-3)28-26(32)20-8-10-21(11-9-20)37(33,34)30-13-12-19-6-4-5-7-22(19)30/h4-11,14-15H,12-13,16H2,1-3H3. The van der Waals surface area contributed by atoms with Crippen LogP contribution in [0.25, 0.3) is 10.2 Å². The van der Waals surface area contributed by atoms with Crippen molar-refractivity contribution < 1.29 is 22.7 Å². The second-order valence-corrected chi connectivity index (χ2v) is 11.7. The van der Waals surface area contributed by atoms with Gasteiger partial charge in [0.1, 0.15) is 6.54 Å². The molecule has 1 aromatic heterocycles. The van der Waals surface area contributed by atoms with Gasteiger partial charge in [-0.2, -0.15) is 4.99 Å². The minimum atomic E-state index is -3.76. The summed E-state index contributed by atoms with van der Waals surface area (Å²) in [6.45, 7) is 4.27. The van der Waals surface area contributed by atoms with E-state index in [1.807, 2.05) is 44.2 Å². The fraction of sp³-hybridized carbons (Fsp3) is 0.222. The molecular formula is C27H25N3O5S2. The first kappa shape index (κ1) is 24.9. The number of rotatable bonds is 5. The van der Waals surface area contributed by atoms with E-state index in [9.17, 15) is 18.0 Å². The number of carbonyl (C=O) groups excluding carboxylic acids is 2. The summed E-state index contributed by atoms with van der Waals surface area (Å²) in [4.78, 5) is 29.9. The van der Waals surface area contributed by atoms with Gasteiger partial charge >= 0.3 is 5.97 Å². The number of thiazole rings is 1. The first-order valence-corrected chi connectivity index (χ1v) is 13.9. The molecular weight excluding hydrogens is 510 g/mol. The summed E-state index contributed by atoms with van der Waals surface area (Å²) >= 11 is 1.31. The number of sulfonamides is 1. The van der Waals surface area contributed by atoms with Gasteiger partial charge in [0.05, 0.1) is 27.9 Å². The van der Waals surface area contributed by atoms with Gasteiger partial charge < -0.3 is 9.30 Å². The zero-order valence-electron chi connectivity index (χ0n) is 20.6. The molecule has 1 aliphatic heterocycles. The second kappa shape index (κ2) is 9.60. The van der Waals surface area contributed by atoms with Gasteiger partial charge in [-0.3, -0.25) is 13.9 Å². The summed E-state index contributed by atoms with van der Waals surface area (Å²) in [6, 6.07) is 17.2. The van der Waals surface area contributed by atoms with Crippen molar-refractivity contribution in [3.05, 3.63) is 87.7 Å². The maximum Gasteiger partial charge on any atom is 0.325 e. The number of nitrogens with zero attached hydrogens (tertiary/aromatic N) is 3. The number of aryl methyl sites for hydroxylation is 2. The van der Waals surface area contributed by atoms with Crippen LogP contribution in [-0.4, -0.2) is 38.5 Å². The molecule has 0 saturated heterocycles. The molecule has 2 heterocycles. The minimum absolute atomic E-state index is 0.0837. The average Bonchev–Trinajstić information content (AvgIpc) is 3.46. The number of anilines is 1. The first-order valence-electron chi connectivity index (χ1n) is 11.7. The SMILES string of the molecule is COC(=O)Cn1c(=NC(=O)c2ccc(S(=O)(=O)N3CCc4ccccc43)cc2)sc2cc(C)c(C)cc21. The van der Waals surface area contributed by atoms with Crippen molar-refractivity contribution in [1.29, 1.82) is 0 Å². The predicted molar refractivity (Wildman–Crippen MR) is 142 cm³/mol. The lowest BCUT2D eigenvalue weighted by Crippen LogP contribution is -2.29. The number of para-hydroxylation sites is 1. The van der Waals surface area contributed by atoms with Crippen molar-refractivity contribution in [1.82, 2.24) is 4.57 Å². The molecule has 0 aliphatic carbocycles. The lowest BCUT2D eigenvalue weighted by Gasteiger charge is -2.19. The number of methoxy groups -OCH3 is 1. The second-order valence-electron chi connectivity index (χ2n) is 8.85. The fourth-order valence-electron chi connectivity index (χ4n) is 4.36. The largest absolute Gasteiger partial charge is 0.468 e. The molecule has 0 spiro atoms. The third kappa shape index (κ3) is 4.58. The molecule has 190 valence electrons. The third-order valence-electron chi connectivity index (χ3n) is 6.54. The predicted octanol–water partition coefficient (Wildman–Crippen LogP) is 3.99. The zero-order chi connectivity index (χ0) is 26.3. The van der Waals surface area contributed by atoms with Crippen molar-refractivity contribution in [3.63, 3.8) is 0 Å². The highest BCUT2D eigenvalue weighted by Crippen LogP contribution is 2.32. The van der Waals surface area contributed by atoms with Crippen molar-refractivity contribution in [2.45, 2.75) is 31.7 Å². The first-order chi connectivity index (χ1) is 17.7. The summed E-state index contributed by atoms with van der Waals surface area (Å²) in [5, 5.41) is 0. The van der Waals surface area contributed by atoms with Crippen molar-refractivity contribution >= 4 is 49.1 Å². The quantitative estimate of drug-likeness (QED) is 0.360. The Bertz CT molecular complexity index is 1720. The fourth-order valence-corrected chi connectivity index (χ4v) is 6.97. The number of fused-ring (bicyclic) bond motifs is 2. The van der Waals surface area contributed by atoms with Crippen LogP contribution >= 0.6 is 11.3 Å². The smallest absolute Gasteiger partial charge is 0.325 e. The molecule has 1 amide bonds. The van der Waals surface area contributed by atoms with E-state index in [1.54, 1.807) is 10.6 Å². The number of amides is 1. The van der Waals surface area contributed by atoms with Gasteiger partial charge in [0.25, 0.3) is 15.9 Å². The average molecular weight is 536 g/mol. The molecule has 0 fully saturated rings. The van der Waals surface area contributed by atoms with Gasteiger partial charge in [0, 0.05) is 12.1 Å². The van der Waals surface area contributed by atoms with E-state index >= 15 is 0 Å². The maximum absolute atomic E-state index is 13.3. The molecule has 0 N–H and O–H groups in total. The number of benzene rings is 3. The number of aromatic nitrogens is 1. The molecule has 0 radical (unpaired) electrons. The Morgan fingerprint density at radius 1 is 1.03 bits per heavy atom. The zero-order valence-corrected chi connectivity index (χ0v) is 22.2. The van der Waals surface area contributed by atoms with Crippen LogP contribution in [-0.2, 0) is 32.5 Å². The number of hydrogen-bond donors (Lipinski definition) is 0. The highest BCUT2D eigenvalue weighted by atomic mass is 32.2. The van der Waals surface area contributed by atoms with Gasteiger partial charge in [-0.15, -0.1) is 0 Å². The molecule has 0 atom stereocenters.